The number of aryl methyl sites for hydroxylation is 3. The molecule has 3 aromatic heterocycles. The van der Waals surface area contributed by atoms with Crippen molar-refractivity contribution >= 4 is 22.7 Å². The standard InChI is InChI=1S/C22H25N5O3/c1-5-6-7-16-8-10-17(11-9-16)27-14(2)12-25-18-19(23-21(25)27)24(4)22(30)26(20(18)29)13-15(3)28/h8-12H,5-7,13H2,1-4H3. The van der Waals surface area contributed by atoms with Gasteiger partial charge in [-0.2, -0.15) is 4.98 Å². The zero-order valence-corrected chi connectivity index (χ0v) is 17.7. The van der Waals surface area contributed by atoms with Crippen molar-refractivity contribution in [3.63, 3.8) is 0 Å². The first-order valence-corrected chi connectivity index (χ1v) is 10.1. The van der Waals surface area contributed by atoms with Crippen molar-refractivity contribution in [3.8, 4) is 5.69 Å². The Morgan fingerprint density at radius 2 is 1.83 bits per heavy atom. The second-order valence-electron chi connectivity index (χ2n) is 7.76. The van der Waals surface area contributed by atoms with Gasteiger partial charge in [0.1, 0.15) is 5.78 Å². The summed E-state index contributed by atoms with van der Waals surface area (Å²) >= 11 is 0. The maximum absolute atomic E-state index is 13.0. The molecule has 4 aromatic rings. The molecule has 0 aliphatic carbocycles. The molecule has 4 rings (SSSR count). The van der Waals surface area contributed by atoms with Crippen molar-refractivity contribution in [2.45, 2.75) is 46.6 Å². The fourth-order valence-corrected chi connectivity index (χ4v) is 3.88. The van der Waals surface area contributed by atoms with Gasteiger partial charge in [-0.05, 0) is 44.4 Å². The summed E-state index contributed by atoms with van der Waals surface area (Å²) in [6, 6.07) is 8.31. The molecule has 0 radical (unpaired) electrons. The molecular formula is C22H25N5O3. The predicted molar refractivity (Wildman–Crippen MR) is 116 cm³/mol. The van der Waals surface area contributed by atoms with E-state index >= 15 is 0 Å². The Morgan fingerprint density at radius 3 is 2.47 bits per heavy atom. The number of benzene rings is 1. The van der Waals surface area contributed by atoms with Crippen LogP contribution in [0, 0.1) is 6.92 Å². The second kappa shape index (κ2) is 7.44. The summed E-state index contributed by atoms with van der Waals surface area (Å²) in [5.41, 5.74) is 2.65. The number of Topliss-reactive ketones (excluding diaryl/α,β-unsaturated/α-hetero) is 1. The lowest BCUT2D eigenvalue weighted by Crippen LogP contribution is -2.40. The van der Waals surface area contributed by atoms with Gasteiger partial charge >= 0.3 is 5.69 Å². The summed E-state index contributed by atoms with van der Waals surface area (Å²) in [5.74, 6) is 0.294. The third-order valence-electron chi connectivity index (χ3n) is 5.42. The van der Waals surface area contributed by atoms with E-state index in [1.807, 2.05) is 29.8 Å². The molecule has 0 aliphatic rings. The van der Waals surface area contributed by atoms with Crippen LogP contribution in [0.3, 0.4) is 0 Å². The minimum absolute atomic E-state index is 0.256. The Kier molecular flexibility index (Phi) is 4.93. The van der Waals surface area contributed by atoms with E-state index in [0.29, 0.717) is 11.4 Å². The summed E-state index contributed by atoms with van der Waals surface area (Å²) in [5, 5.41) is 0. The van der Waals surface area contributed by atoms with E-state index in [4.69, 9.17) is 0 Å². The van der Waals surface area contributed by atoms with E-state index < -0.39 is 11.2 Å². The van der Waals surface area contributed by atoms with Crippen LogP contribution >= 0.6 is 0 Å². The number of hydrogen-bond donors (Lipinski definition) is 0. The number of rotatable bonds is 6. The smallest absolute Gasteiger partial charge is 0.298 e. The van der Waals surface area contributed by atoms with Gasteiger partial charge in [0.2, 0.25) is 5.78 Å². The van der Waals surface area contributed by atoms with Gasteiger partial charge in [-0.15, -0.1) is 0 Å². The molecule has 0 unspecified atom stereocenters. The van der Waals surface area contributed by atoms with Gasteiger partial charge in [-0.1, -0.05) is 25.5 Å². The molecule has 30 heavy (non-hydrogen) atoms. The van der Waals surface area contributed by atoms with Crippen LogP contribution in [-0.4, -0.2) is 28.9 Å². The third-order valence-corrected chi connectivity index (χ3v) is 5.42. The first-order chi connectivity index (χ1) is 14.3. The van der Waals surface area contributed by atoms with Gasteiger partial charge in [0, 0.05) is 24.6 Å². The fourth-order valence-electron chi connectivity index (χ4n) is 3.88. The fraction of sp³-hybridized carbons (Fsp3) is 0.364. The number of carbonyl (C=O) groups is 1. The average Bonchev–Trinajstić information content (AvgIpc) is 3.23. The molecule has 0 atom stereocenters. The Labute approximate surface area is 173 Å². The molecule has 8 nitrogen and oxygen atoms in total. The number of nitrogens with zero attached hydrogens (tertiary/aromatic N) is 5. The number of hydrogen-bond acceptors (Lipinski definition) is 4. The third kappa shape index (κ3) is 3.08. The van der Waals surface area contributed by atoms with Crippen molar-refractivity contribution in [1.29, 1.82) is 0 Å². The van der Waals surface area contributed by atoms with Crippen molar-refractivity contribution in [3.05, 3.63) is 62.6 Å². The molecule has 0 N–H and O–H groups in total. The highest BCUT2D eigenvalue weighted by Crippen LogP contribution is 2.21. The molecule has 1 aromatic carbocycles. The van der Waals surface area contributed by atoms with Crippen LogP contribution in [0.2, 0.25) is 0 Å². The van der Waals surface area contributed by atoms with Gasteiger partial charge in [-0.3, -0.25) is 27.7 Å². The lowest BCUT2D eigenvalue weighted by Gasteiger charge is -2.07. The number of fused-ring (bicyclic) bond motifs is 3. The van der Waals surface area contributed by atoms with Crippen molar-refractivity contribution < 1.29 is 4.79 Å². The molecule has 0 bridgehead atoms. The van der Waals surface area contributed by atoms with E-state index in [1.165, 1.54) is 17.1 Å². The quantitative estimate of drug-likeness (QED) is 0.491. The zero-order chi connectivity index (χ0) is 21.6. The maximum atomic E-state index is 13.0. The van der Waals surface area contributed by atoms with Crippen molar-refractivity contribution in [1.82, 2.24) is 23.1 Å². The normalized spacial score (nSPS) is 11.6. The van der Waals surface area contributed by atoms with Gasteiger partial charge < -0.3 is 0 Å². The zero-order valence-electron chi connectivity index (χ0n) is 17.7. The van der Waals surface area contributed by atoms with Crippen molar-refractivity contribution in [2.24, 2.45) is 7.05 Å². The van der Waals surface area contributed by atoms with Gasteiger partial charge in [0.15, 0.2) is 11.2 Å². The van der Waals surface area contributed by atoms with Gasteiger partial charge in [0.05, 0.1) is 6.54 Å². The maximum Gasteiger partial charge on any atom is 0.332 e. The molecule has 156 valence electrons. The first-order valence-electron chi connectivity index (χ1n) is 10.1. The van der Waals surface area contributed by atoms with E-state index in [9.17, 15) is 14.4 Å². The number of carbonyl (C=O) groups excluding carboxylic acids is 1. The van der Waals surface area contributed by atoms with Crippen LogP contribution in [0.1, 0.15) is 37.9 Å². The number of aromatic nitrogens is 5. The topological polar surface area (TPSA) is 83.3 Å². The second-order valence-corrected chi connectivity index (χ2v) is 7.76. The Balaban J connectivity index is 1.95. The largest absolute Gasteiger partial charge is 0.332 e. The lowest BCUT2D eigenvalue weighted by atomic mass is 10.1. The molecule has 0 saturated heterocycles. The number of imidazole rings is 2. The van der Waals surface area contributed by atoms with Crippen LogP contribution in [0.25, 0.3) is 22.6 Å². The Hall–Kier alpha value is -3.42. The molecule has 0 aliphatic heterocycles. The summed E-state index contributed by atoms with van der Waals surface area (Å²) < 4.78 is 5.95. The molecule has 0 fully saturated rings. The first kappa shape index (κ1) is 19.9. The SMILES string of the molecule is CCCCc1ccc(-n2c(C)cn3c4c(=O)n(CC(C)=O)c(=O)n(C)c4nc23)cc1. The lowest BCUT2D eigenvalue weighted by molar-refractivity contribution is -0.117. The van der Waals surface area contributed by atoms with Crippen LogP contribution < -0.4 is 11.2 Å². The molecule has 0 spiro atoms. The average molecular weight is 407 g/mol. The van der Waals surface area contributed by atoms with E-state index in [-0.39, 0.29) is 17.8 Å². The highest BCUT2D eigenvalue weighted by molar-refractivity contribution is 5.78. The van der Waals surface area contributed by atoms with Crippen molar-refractivity contribution in [2.75, 3.05) is 0 Å². The highest BCUT2D eigenvalue weighted by atomic mass is 16.2. The van der Waals surface area contributed by atoms with E-state index in [2.05, 4.69) is 24.0 Å². The summed E-state index contributed by atoms with van der Waals surface area (Å²) in [4.78, 5) is 41.8. The summed E-state index contributed by atoms with van der Waals surface area (Å²) in [6.07, 6.45) is 5.18. The molecular weight excluding hydrogens is 382 g/mol. The van der Waals surface area contributed by atoms with E-state index in [1.54, 1.807) is 11.4 Å². The number of ketones is 1. The van der Waals surface area contributed by atoms with Crippen LogP contribution in [0.4, 0.5) is 0 Å². The highest BCUT2D eigenvalue weighted by Gasteiger charge is 2.21. The minimum Gasteiger partial charge on any atom is -0.298 e. The minimum atomic E-state index is -0.549. The van der Waals surface area contributed by atoms with Gasteiger partial charge in [-0.25, -0.2) is 4.79 Å². The predicted octanol–water partition coefficient (Wildman–Crippen LogP) is 2.38. The van der Waals surface area contributed by atoms with Crippen LogP contribution in [0.15, 0.2) is 40.1 Å². The number of unbranched alkanes of at least 4 members (excludes halogenated alkanes) is 1. The molecule has 3 heterocycles. The van der Waals surface area contributed by atoms with E-state index in [0.717, 1.165) is 35.2 Å². The Morgan fingerprint density at radius 1 is 1.13 bits per heavy atom. The monoisotopic (exact) mass is 407 g/mol. The molecule has 0 saturated carbocycles. The summed E-state index contributed by atoms with van der Waals surface area (Å²) in [7, 11) is 1.56. The molecule has 0 amide bonds. The van der Waals surface area contributed by atoms with Crippen LogP contribution in [0.5, 0.6) is 0 Å². The van der Waals surface area contributed by atoms with Gasteiger partial charge in [0.25, 0.3) is 5.56 Å². The molecule has 8 heteroatoms. The Bertz CT molecular complexity index is 1380. The van der Waals surface area contributed by atoms with Crippen LogP contribution in [-0.2, 0) is 24.8 Å². The summed E-state index contributed by atoms with van der Waals surface area (Å²) in [6.45, 7) is 5.22.